The number of aromatic nitrogens is 3. The van der Waals surface area contributed by atoms with Gasteiger partial charge in [-0.3, -0.25) is 15.2 Å². The first-order valence-corrected chi connectivity index (χ1v) is 8.62. The van der Waals surface area contributed by atoms with Gasteiger partial charge >= 0.3 is 0 Å². The van der Waals surface area contributed by atoms with Gasteiger partial charge in [0.2, 0.25) is 17.6 Å². The third kappa shape index (κ3) is 4.22. The number of carbonyl (C=O) groups excluding carboxylic acids is 1. The zero-order valence-corrected chi connectivity index (χ0v) is 16.2. The smallest absolute Gasteiger partial charge is 0.249 e. The van der Waals surface area contributed by atoms with Crippen molar-refractivity contribution in [3.8, 4) is 28.6 Å². The topological polar surface area (TPSA) is 98.4 Å². The van der Waals surface area contributed by atoms with Crippen molar-refractivity contribution in [3.63, 3.8) is 0 Å². The number of ether oxygens (including phenoxy) is 3. The lowest BCUT2D eigenvalue weighted by Crippen LogP contribution is -2.15. The Morgan fingerprint density at radius 3 is 2.39 bits per heavy atom. The first-order chi connectivity index (χ1) is 13.5. The quantitative estimate of drug-likeness (QED) is 0.652. The monoisotopic (exact) mass is 382 g/mol. The van der Waals surface area contributed by atoms with Crippen LogP contribution in [0.25, 0.3) is 11.4 Å². The molecule has 1 heterocycles. The van der Waals surface area contributed by atoms with Gasteiger partial charge in [-0.25, -0.2) is 0 Å². The van der Waals surface area contributed by atoms with Gasteiger partial charge in [0.05, 0.1) is 27.8 Å². The van der Waals surface area contributed by atoms with Gasteiger partial charge in [0.15, 0.2) is 17.3 Å². The fourth-order valence-corrected chi connectivity index (χ4v) is 2.83. The van der Waals surface area contributed by atoms with Crippen LogP contribution in [-0.4, -0.2) is 42.4 Å². The number of carbonyl (C=O) groups is 1. The number of methoxy groups -OCH3 is 3. The van der Waals surface area contributed by atoms with E-state index in [9.17, 15) is 4.79 Å². The van der Waals surface area contributed by atoms with Gasteiger partial charge < -0.3 is 14.2 Å². The molecule has 3 aromatic rings. The van der Waals surface area contributed by atoms with Crippen molar-refractivity contribution >= 4 is 11.9 Å². The molecule has 0 fully saturated rings. The molecule has 3 rings (SSSR count). The lowest BCUT2D eigenvalue weighted by Gasteiger charge is -2.13. The molecular weight excluding hydrogens is 360 g/mol. The number of nitrogens with zero attached hydrogens (tertiary/aromatic N) is 2. The van der Waals surface area contributed by atoms with E-state index in [4.69, 9.17) is 14.2 Å². The van der Waals surface area contributed by atoms with Crippen molar-refractivity contribution < 1.29 is 19.0 Å². The lowest BCUT2D eigenvalue weighted by molar-refractivity contribution is -0.115. The first kappa shape index (κ1) is 19.2. The van der Waals surface area contributed by atoms with Crippen molar-refractivity contribution in [1.29, 1.82) is 0 Å². The molecule has 2 aromatic carbocycles. The summed E-state index contributed by atoms with van der Waals surface area (Å²) >= 11 is 0. The van der Waals surface area contributed by atoms with Crippen LogP contribution < -0.4 is 19.5 Å². The predicted octanol–water partition coefficient (Wildman–Crippen LogP) is 2.99. The average molecular weight is 382 g/mol. The minimum Gasteiger partial charge on any atom is -0.493 e. The van der Waals surface area contributed by atoms with E-state index in [0.717, 1.165) is 11.1 Å². The number of amides is 1. The third-order valence-electron chi connectivity index (χ3n) is 4.12. The van der Waals surface area contributed by atoms with Gasteiger partial charge in [0, 0.05) is 5.56 Å². The molecule has 0 bridgehead atoms. The van der Waals surface area contributed by atoms with Crippen molar-refractivity contribution in [2.45, 2.75) is 13.3 Å². The molecular formula is C20H22N4O4. The van der Waals surface area contributed by atoms with E-state index < -0.39 is 0 Å². The highest BCUT2D eigenvalue weighted by molar-refractivity contribution is 5.91. The Balaban J connectivity index is 1.73. The summed E-state index contributed by atoms with van der Waals surface area (Å²) in [4.78, 5) is 16.7. The summed E-state index contributed by atoms with van der Waals surface area (Å²) < 4.78 is 15.9. The standard InChI is InChI=1S/C20H22N4O4/c1-12-6-5-7-14(8-12)19-22-20(24-23-19)21-17(25)11-13-9-15(26-2)18(28-4)16(10-13)27-3/h5-10H,11H2,1-4H3,(H2,21,22,23,24,25). The summed E-state index contributed by atoms with van der Waals surface area (Å²) in [7, 11) is 4.59. The van der Waals surface area contributed by atoms with E-state index in [1.165, 1.54) is 21.3 Å². The maximum atomic E-state index is 12.4. The van der Waals surface area contributed by atoms with E-state index in [-0.39, 0.29) is 18.3 Å². The van der Waals surface area contributed by atoms with Crippen molar-refractivity contribution in [2.24, 2.45) is 0 Å². The lowest BCUT2D eigenvalue weighted by atomic mass is 10.1. The molecule has 2 N–H and O–H groups in total. The van der Waals surface area contributed by atoms with E-state index in [1.54, 1.807) is 12.1 Å². The molecule has 0 saturated carbocycles. The molecule has 0 aliphatic carbocycles. The molecule has 8 nitrogen and oxygen atoms in total. The van der Waals surface area contributed by atoms with Gasteiger partial charge in [-0.2, -0.15) is 4.98 Å². The number of hydrogen-bond donors (Lipinski definition) is 2. The summed E-state index contributed by atoms with van der Waals surface area (Å²) in [5.41, 5.74) is 2.72. The molecule has 0 radical (unpaired) electrons. The Morgan fingerprint density at radius 1 is 1.07 bits per heavy atom. The van der Waals surface area contributed by atoms with Crippen molar-refractivity contribution in [2.75, 3.05) is 26.6 Å². The van der Waals surface area contributed by atoms with Gasteiger partial charge in [-0.05, 0) is 30.7 Å². The van der Waals surface area contributed by atoms with Crippen LogP contribution in [0.1, 0.15) is 11.1 Å². The number of nitrogens with one attached hydrogen (secondary N) is 2. The third-order valence-corrected chi connectivity index (χ3v) is 4.12. The normalized spacial score (nSPS) is 10.4. The Hall–Kier alpha value is -3.55. The zero-order chi connectivity index (χ0) is 20.1. The second kappa shape index (κ2) is 8.43. The average Bonchev–Trinajstić information content (AvgIpc) is 3.15. The molecule has 0 saturated heterocycles. The Kier molecular flexibility index (Phi) is 5.78. The van der Waals surface area contributed by atoms with Crippen LogP contribution in [0.2, 0.25) is 0 Å². The number of anilines is 1. The van der Waals surface area contributed by atoms with Crippen molar-refractivity contribution in [3.05, 3.63) is 47.5 Å². The number of rotatable bonds is 7. The number of benzene rings is 2. The Morgan fingerprint density at radius 2 is 1.79 bits per heavy atom. The summed E-state index contributed by atoms with van der Waals surface area (Å²) in [5, 5.41) is 9.59. The van der Waals surface area contributed by atoms with E-state index in [2.05, 4.69) is 20.5 Å². The molecule has 0 aliphatic heterocycles. The minimum absolute atomic E-state index is 0.102. The highest BCUT2D eigenvalue weighted by Gasteiger charge is 2.16. The fraction of sp³-hybridized carbons (Fsp3) is 0.250. The maximum absolute atomic E-state index is 12.4. The van der Waals surface area contributed by atoms with Crippen LogP contribution in [0.5, 0.6) is 17.2 Å². The molecule has 0 unspecified atom stereocenters. The van der Waals surface area contributed by atoms with Crippen LogP contribution in [0, 0.1) is 6.92 Å². The zero-order valence-electron chi connectivity index (χ0n) is 16.2. The fourth-order valence-electron chi connectivity index (χ4n) is 2.83. The van der Waals surface area contributed by atoms with E-state index in [0.29, 0.717) is 28.6 Å². The predicted molar refractivity (Wildman–Crippen MR) is 105 cm³/mol. The van der Waals surface area contributed by atoms with Gasteiger partial charge in [-0.15, -0.1) is 5.10 Å². The highest BCUT2D eigenvalue weighted by atomic mass is 16.5. The van der Waals surface area contributed by atoms with Gasteiger partial charge in [-0.1, -0.05) is 23.8 Å². The largest absolute Gasteiger partial charge is 0.493 e. The van der Waals surface area contributed by atoms with E-state index >= 15 is 0 Å². The molecule has 28 heavy (non-hydrogen) atoms. The number of H-pyrrole nitrogens is 1. The molecule has 1 amide bonds. The second-order valence-corrected chi connectivity index (χ2v) is 6.14. The SMILES string of the molecule is COc1cc(CC(=O)Nc2n[nH]c(-c3cccc(C)c3)n2)cc(OC)c1OC. The first-order valence-electron chi connectivity index (χ1n) is 8.62. The number of aromatic amines is 1. The summed E-state index contributed by atoms with van der Waals surface area (Å²) in [5.74, 6) is 2.00. The van der Waals surface area contributed by atoms with E-state index in [1.807, 2.05) is 31.2 Å². The molecule has 0 atom stereocenters. The second-order valence-electron chi connectivity index (χ2n) is 6.14. The maximum Gasteiger partial charge on any atom is 0.249 e. The van der Waals surface area contributed by atoms with Gasteiger partial charge in [0.1, 0.15) is 0 Å². The van der Waals surface area contributed by atoms with Crippen LogP contribution in [0.3, 0.4) is 0 Å². The van der Waals surface area contributed by atoms with Crippen LogP contribution in [-0.2, 0) is 11.2 Å². The van der Waals surface area contributed by atoms with Crippen LogP contribution in [0.15, 0.2) is 36.4 Å². The number of aryl methyl sites for hydroxylation is 1. The molecule has 0 aliphatic rings. The highest BCUT2D eigenvalue weighted by Crippen LogP contribution is 2.38. The van der Waals surface area contributed by atoms with Crippen LogP contribution >= 0.6 is 0 Å². The van der Waals surface area contributed by atoms with Crippen molar-refractivity contribution in [1.82, 2.24) is 15.2 Å². The number of hydrogen-bond acceptors (Lipinski definition) is 6. The summed E-state index contributed by atoms with van der Waals surface area (Å²) in [6, 6.07) is 11.3. The molecule has 0 spiro atoms. The molecule has 146 valence electrons. The van der Waals surface area contributed by atoms with Crippen LogP contribution in [0.4, 0.5) is 5.95 Å². The Bertz CT molecular complexity index is 959. The summed E-state index contributed by atoms with van der Waals surface area (Å²) in [6.45, 7) is 2.00. The van der Waals surface area contributed by atoms with Gasteiger partial charge in [0.25, 0.3) is 0 Å². The molecule has 8 heteroatoms. The summed E-state index contributed by atoms with van der Waals surface area (Å²) in [6.07, 6.45) is 0.102. The molecule has 1 aromatic heterocycles. The minimum atomic E-state index is -0.260. The Labute approximate surface area is 162 Å².